The minimum atomic E-state index is -1.55. The van der Waals surface area contributed by atoms with Crippen molar-refractivity contribution in [2.75, 3.05) is 6.61 Å². The van der Waals surface area contributed by atoms with E-state index >= 15 is 0 Å². The van der Waals surface area contributed by atoms with Crippen molar-refractivity contribution in [3.8, 4) is 0 Å². The van der Waals surface area contributed by atoms with Gasteiger partial charge in [-0.25, -0.2) is 9.78 Å². The molecule has 0 aliphatic rings. The number of hydrogen-bond donors (Lipinski definition) is 9. The molecule has 3 rings (SSSR count). The number of nitrogens with zero attached hydrogens (tertiary/aromatic N) is 1. The lowest BCUT2D eigenvalue weighted by Crippen LogP contribution is -2.58. The predicted molar refractivity (Wildman–Crippen MR) is 141 cm³/mol. The van der Waals surface area contributed by atoms with Crippen LogP contribution in [0.25, 0.3) is 10.9 Å². The number of aliphatic hydroxyl groups is 1. The molecule has 40 heavy (non-hydrogen) atoms. The number of benzene rings is 1. The Bertz CT molecular complexity index is 1340. The second kappa shape index (κ2) is 13.9. The Hall–Kier alpha value is -4.76. The minimum absolute atomic E-state index is 0.0668. The number of nitrogens with one attached hydrogen (secondary N) is 5. The summed E-state index contributed by atoms with van der Waals surface area (Å²) in [4.78, 5) is 71.4. The second-order valence-electron chi connectivity index (χ2n) is 9.16. The lowest BCUT2D eigenvalue weighted by molar-refractivity contribution is -0.142. The number of imidazole rings is 1. The van der Waals surface area contributed by atoms with E-state index in [1.165, 1.54) is 12.5 Å². The van der Waals surface area contributed by atoms with E-state index in [0.29, 0.717) is 11.3 Å². The van der Waals surface area contributed by atoms with Crippen molar-refractivity contribution >= 4 is 40.5 Å². The molecule has 0 fully saturated rings. The number of carbonyl (C=O) groups is 5. The molecule has 2 heterocycles. The third-order valence-electron chi connectivity index (χ3n) is 6.17. The molecule has 0 radical (unpaired) electrons. The zero-order chi connectivity index (χ0) is 29.2. The maximum Gasteiger partial charge on any atom is 0.326 e. The smallest absolute Gasteiger partial charge is 0.326 e. The highest BCUT2D eigenvalue weighted by Crippen LogP contribution is 2.19. The zero-order valence-electron chi connectivity index (χ0n) is 21.4. The zero-order valence-corrected chi connectivity index (χ0v) is 21.4. The molecule has 1 aromatic carbocycles. The van der Waals surface area contributed by atoms with E-state index in [1.54, 1.807) is 18.3 Å². The Morgan fingerprint density at radius 3 is 2.25 bits per heavy atom. The van der Waals surface area contributed by atoms with Gasteiger partial charge in [0.15, 0.2) is 0 Å². The molecule has 0 saturated heterocycles. The Balaban J connectivity index is 1.66. The Morgan fingerprint density at radius 1 is 0.925 bits per heavy atom. The molecular formula is C25H32N8O7. The molecule has 4 unspecified atom stereocenters. The number of rotatable bonds is 15. The van der Waals surface area contributed by atoms with Crippen LogP contribution in [0, 0.1) is 0 Å². The molecule has 0 bridgehead atoms. The summed E-state index contributed by atoms with van der Waals surface area (Å²) in [6.07, 6.45) is 4.09. The molecule has 0 aliphatic heterocycles. The van der Waals surface area contributed by atoms with Crippen LogP contribution in [0.3, 0.4) is 0 Å². The highest BCUT2D eigenvalue weighted by atomic mass is 16.4. The van der Waals surface area contributed by atoms with E-state index in [-0.39, 0.29) is 25.7 Å². The van der Waals surface area contributed by atoms with Gasteiger partial charge in [-0.05, 0) is 18.1 Å². The molecule has 214 valence electrons. The number of carbonyl (C=O) groups excluding carboxylic acids is 4. The quantitative estimate of drug-likeness (QED) is 0.0982. The number of carboxylic acids is 1. The maximum atomic E-state index is 13.0. The molecule has 15 nitrogen and oxygen atoms in total. The average molecular weight is 557 g/mol. The molecule has 15 heteroatoms. The van der Waals surface area contributed by atoms with Gasteiger partial charge < -0.3 is 47.6 Å². The summed E-state index contributed by atoms with van der Waals surface area (Å²) in [7, 11) is 0. The standard InChI is InChI=1S/C25H32N8O7/c26-16(8-14-10-28-12-30-14)22(36)31-18(5-6-21(27)35)23(37)33-20(11-34)24(38)32-19(25(39)40)7-13-9-29-17-4-2-1-3-15(13)17/h1-4,9-10,12,16,18-20,29,34H,5-8,11,26H2,(H2,27,35)(H,28,30)(H,31,36)(H,32,38)(H,33,37)(H,39,40). The van der Waals surface area contributed by atoms with Gasteiger partial charge in [-0.3, -0.25) is 19.2 Å². The normalized spacial score (nSPS) is 14.1. The van der Waals surface area contributed by atoms with Crippen LogP contribution >= 0.6 is 0 Å². The van der Waals surface area contributed by atoms with Crippen molar-refractivity contribution < 1.29 is 34.2 Å². The molecular weight excluding hydrogens is 524 g/mol. The molecule has 0 aliphatic carbocycles. The van der Waals surface area contributed by atoms with Crippen molar-refractivity contribution in [1.82, 2.24) is 30.9 Å². The van der Waals surface area contributed by atoms with Crippen LogP contribution in [0.2, 0.25) is 0 Å². The van der Waals surface area contributed by atoms with Gasteiger partial charge in [0.1, 0.15) is 18.1 Å². The van der Waals surface area contributed by atoms with Gasteiger partial charge in [0.2, 0.25) is 23.6 Å². The summed E-state index contributed by atoms with van der Waals surface area (Å²) >= 11 is 0. The van der Waals surface area contributed by atoms with Gasteiger partial charge >= 0.3 is 5.97 Å². The molecule has 0 spiro atoms. The van der Waals surface area contributed by atoms with E-state index in [1.807, 2.05) is 12.1 Å². The predicted octanol–water partition coefficient (Wildman–Crippen LogP) is -2.20. The number of hydrogen-bond acceptors (Lipinski definition) is 8. The van der Waals surface area contributed by atoms with E-state index in [9.17, 15) is 34.2 Å². The van der Waals surface area contributed by atoms with Gasteiger partial charge in [-0.15, -0.1) is 0 Å². The number of aliphatic hydroxyl groups excluding tert-OH is 1. The first kappa shape index (κ1) is 29.8. The molecule has 4 amide bonds. The van der Waals surface area contributed by atoms with E-state index in [2.05, 4.69) is 30.9 Å². The fraction of sp³-hybridized carbons (Fsp3) is 0.360. The third-order valence-corrected chi connectivity index (χ3v) is 6.17. The first-order valence-corrected chi connectivity index (χ1v) is 12.4. The summed E-state index contributed by atoms with van der Waals surface area (Å²) in [6.45, 7) is -0.868. The van der Waals surface area contributed by atoms with Gasteiger partial charge in [0, 0.05) is 48.3 Å². The number of aliphatic carboxylic acids is 1. The highest BCUT2D eigenvalue weighted by molar-refractivity contribution is 5.94. The monoisotopic (exact) mass is 556 g/mol. The van der Waals surface area contributed by atoms with Gasteiger partial charge in [0.25, 0.3) is 0 Å². The van der Waals surface area contributed by atoms with Crippen molar-refractivity contribution in [3.05, 3.63) is 54.2 Å². The second-order valence-corrected chi connectivity index (χ2v) is 9.16. The summed E-state index contributed by atoms with van der Waals surface area (Å²) < 4.78 is 0. The number of nitrogens with two attached hydrogens (primary N) is 2. The van der Waals surface area contributed by atoms with Crippen molar-refractivity contribution in [2.24, 2.45) is 11.5 Å². The van der Waals surface area contributed by atoms with E-state index in [0.717, 1.165) is 10.9 Å². The molecule has 4 atom stereocenters. The SMILES string of the molecule is NC(=O)CCC(NC(=O)C(N)Cc1cnc[nH]1)C(=O)NC(CO)C(=O)NC(Cc1c[nH]c2ccccc12)C(=O)O. The van der Waals surface area contributed by atoms with Crippen LogP contribution in [-0.4, -0.2) is 85.5 Å². The largest absolute Gasteiger partial charge is 0.480 e. The summed E-state index contributed by atoms with van der Waals surface area (Å²) in [6, 6.07) is 1.93. The number of fused-ring (bicyclic) bond motifs is 1. The summed E-state index contributed by atoms with van der Waals surface area (Å²) in [5, 5.41) is 27.3. The van der Waals surface area contributed by atoms with Crippen LogP contribution in [0.15, 0.2) is 43.0 Å². The van der Waals surface area contributed by atoms with Gasteiger partial charge in [-0.1, -0.05) is 18.2 Å². The van der Waals surface area contributed by atoms with Crippen LogP contribution in [0.1, 0.15) is 24.1 Å². The molecule has 3 aromatic rings. The van der Waals surface area contributed by atoms with Crippen LogP contribution in [0.5, 0.6) is 0 Å². The van der Waals surface area contributed by atoms with Crippen LogP contribution < -0.4 is 27.4 Å². The van der Waals surface area contributed by atoms with Gasteiger partial charge in [-0.2, -0.15) is 0 Å². The van der Waals surface area contributed by atoms with Crippen molar-refractivity contribution in [3.63, 3.8) is 0 Å². The Morgan fingerprint density at radius 2 is 1.60 bits per heavy atom. The van der Waals surface area contributed by atoms with Crippen molar-refractivity contribution in [1.29, 1.82) is 0 Å². The van der Waals surface area contributed by atoms with Crippen LogP contribution in [0.4, 0.5) is 0 Å². The first-order chi connectivity index (χ1) is 19.1. The number of carboxylic acid groups (broad SMARTS) is 1. The van der Waals surface area contributed by atoms with E-state index in [4.69, 9.17) is 11.5 Å². The lowest BCUT2D eigenvalue weighted by atomic mass is 10.0. The Kier molecular flexibility index (Phi) is 10.3. The lowest BCUT2D eigenvalue weighted by Gasteiger charge is -2.24. The number of aromatic nitrogens is 3. The summed E-state index contributed by atoms with van der Waals surface area (Å²) in [5.41, 5.74) is 13.1. The fourth-order valence-electron chi connectivity index (χ4n) is 4.02. The minimum Gasteiger partial charge on any atom is -0.480 e. The highest BCUT2D eigenvalue weighted by Gasteiger charge is 2.30. The number of H-pyrrole nitrogens is 2. The number of aromatic amines is 2. The van der Waals surface area contributed by atoms with Crippen molar-refractivity contribution in [2.45, 2.75) is 49.9 Å². The molecule has 2 aromatic heterocycles. The third kappa shape index (κ3) is 8.12. The molecule has 0 saturated carbocycles. The molecule has 11 N–H and O–H groups in total. The maximum absolute atomic E-state index is 13.0. The average Bonchev–Trinajstić information content (AvgIpc) is 3.58. The number of para-hydroxylation sites is 1. The Labute approximate surface area is 228 Å². The first-order valence-electron chi connectivity index (χ1n) is 12.4. The summed E-state index contributed by atoms with van der Waals surface area (Å²) in [5.74, 6) is -4.62. The topological polar surface area (TPSA) is 258 Å². The van der Waals surface area contributed by atoms with E-state index < -0.39 is 60.4 Å². The van der Waals surface area contributed by atoms with Gasteiger partial charge in [0.05, 0.1) is 19.0 Å². The number of amides is 4. The van der Waals surface area contributed by atoms with Crippen LogP contribution in [-0.2, 0) is 36.8 Å². The fourth-order valence-corrected chi connectivity index (χ4v) is 4.02. The number of primary amides is 1.